The molecule has 12 unspecified atom stereocenters. The van der Waals surface area contributed by atoms with Crippen LogP contribution in [0, 0.1) is 69.0 Å². The van der Waals surface area contributed by atoms with Crippen molar-refractivity contribution in [1.29, 1.82) is 0 Å². The zero-order chi connectivity index (χ0) is 43.8. The van der Waals surface area contributed by atoms with Gasteiger partial charge in [0.15, 0.2) is 0 Å². The monoisotopic (exact) mass is 835 g/mol. The van der Waals surface area contributed by atoms with Gasteiger partial charge in [0, 0.05) is 40.8 Å². The molecule has 3 heterocycles. The maximum absolute atomic E-state index is 3.29. The lowest BCUT2D eigenvalue weighted by molar-refractivity contribution is 0.00816. The molecule has 11 rings (SSSR count). The summed E-state index contributed by atoms with van der Waals surface area (Å²) in [4.78, 5) is 6.51. The number of nitrogens with zero attached hydrogens (tertiary/aromatic N) is 2. The molecule has 0 radical (unpaired) electrons. The Morgan fingerprint density at radius 1 is 0.742 bits per heavy atom. The molecule has 11 aliphatic rings. The van der Waals surface area contributed by atoms with Crippen molar-refractivity contribution >= 4 is 6.71 Å². The van der Waals surface area contributed by atoms with Crippen molar-refractivity contribution in [2.24, 2.45) is 69.0 Å². The molecule has 8 aliphatic carbocycles. The van der Waals surface area contributed by atoms with Gasteiger partial charge in [-0.25, -0.2) is 0 Å². The molecule has 0 aromatic carbocycles. The van der Waals surface area contributed by atoms with Crippen LogP contribution in [0.1, 0.15) is 180 Å². The van der Waals surface area contributed by atoms with E-state index >= 15 is 0 Å². The van der Waals surface area contributed by atoms with Crippen LogP contribution in [0.4, 0.5) is 0 Å². The van der Waals surface area contributed by atoms with E-state index in [1.54, 1.807) is 22.3 Å². The van der Waals surface area contributed by atoms with E-state index in [1.165, 1.54) is 83.5 Å². The molecule has 0 amide bonds. The molecule has 2 saturated heterocycles. The van der Waals surface area contributed by atoms with E-state index in [1.807, 2.05) is 22.2 Å². The van der Waals surface area contributed by atoms with Crippen LogP contribution in [-0.4, -0.2) is 46.2 Å². The van der Waals surface area contributed by atoms with Gasteiger partial charge in [-0.3, -0.25) is 4.90 Å². The van der Waals surface area contributed by atoms with E-state index in [4.69, 9.17) is 0 Å². The first kappa shape index (κ1) is 42.6. The molecule has 1 spiro atoms. The van der Waals surface area contributed by atoms with Crippen LogP contribution in [0.2, 0.25) is 5.82 Å². The van der Waals surface area contributed by atoms with Gasteiger partial charge in [0.25, 0.3) is 0 Å². The first-order chi connectivity index (χ1) is 29.1. The number of hydrogen-bond acceptors (Lipinski definition) is 2. The Labute approximate surface area is 380 Å². The molecule has 6 fully saturated rings. The third kappa shape index (κ3) is 5.95. The molecule has 4 saturated carbocycles. The van der Waals surface area contributed by atoms with E-state index < -0.39 is 0 Å². The van der Waals surface area contributed by atoms with Crippen molar-refractivity contribution in [1.82, 2.24) is 9.80 Å². The third-order valence-electron chi connectivity index (χ3n) is 21.6. The highest BCUT2D eigenvalue weighted by molar-refractivity contribution is 6.77. The van der Waals surface area contributed by atoms with E-state index in [0.717, 1.165) is 35.5 Å². The Bertz CT molecular complexity index is 2100. The van der Waals surface area contributed by atoms with Gasteiger partial charge in [-0.2, -0.15) is 0 Å². The summed E-state index contributed by atoms with van der Waals surface area (Å²) in [5.74, 6) is 6.85. The lowest BCUT2D eigenvalue weighted by Gasteiger charge is -2.61. The molecule has 13 atom stereocenters. The minimum atomic E-state index is 0.0992. The maximum Gasteiger partial charge on any atom is 0.215 e. The SMILES string of the molecule is CC1/C=C2\C3CC(CC1C1=CC4=C5B(C6=CC=C(C(C)(C)C)CC6N4C4CCCC(C(C)(C)C)C4)C4C=C(C(C)(C)C)C=C6C4N(C5C1)C(C)(C)C61CCCCC1)C(C)C3[C@H]2C. The Morgan fingerprint density at radius 3 is 2.16 bits per heavy atom. The summed E-state index contributed by atoms with van der Waals surface area (Å²) < 4.78 is 0. The normalized spacial score (nSPS) is 42.8. The van der Waals surface area contributed by atoms with E-state index in [0.29, 0.717) is 53.9 Å². The molecular weight excluding hydrogens is 747 g/mol. The zero-order valence-corrected chi connectivity index (χ0v) is 42.1. The van der Waals surface area contributed by atoms with Crippen molar-refractivity contribution in [2.45, 2.75) is 216 Å². The smallest absolute Gasteiger partial charge is 0.215 e. The zero-order valence-electron chi connectivity index (χ0n) is 42.1. The molecule has 3 heteroatoms. The van der Waals surface area contributed by atoms with E-state index in [9.17, 15) is 0 Å². The lowest BCUT2D eigenvalue weighted by Crippen LogP contribution is -2.66. The average molecular weight is 835 g/mol. The van der Waals surface area contributed by atoms with E-state index in [2.05, 4.69) is 143 Å². The van der Waals surface area contributed by atoms with Gasteiger partial charge in [-0.1, -0.05) is 167 Å². The summed E-state index contributed by atoms with van der Waals surface area (Å²) in [6.45, 7) is 36.6. The predicted octanol–water partition coefficient (Wildman–Crippen LogP) is 14.9. The largest absolute Gasteiger partial charge is 0.363 e. The first-order valence-electron chi connectivity index (χ1n) is 26.7. The summed E-state index contributed by atoms with van der Waals surface area (Å²) in [6.07, 6.45) is 34.6. The minimum absolute atomic E-state index is 0.0992. The molecule has 0 N–H and O–H groups in total. The number of fused-ring (bicyclic) bond motifs is 6. The number of rotatable bonds is 2. The summed E-state index contributed by atoms with van der Waals surface area (Å²) in [5.41, 5.74) is 15.2. The van der Waals surface area contributed by atoms with Crippen LogP contribution in [0.15, 0.2) is 81.0 Å². The fourth-order valence-corrected chi connectivity index (χ4v) is 18.1. The van der Waals surface area contributed by atoms with Crippen molar-refractivity contribution < 1.29 is 0 Å². The van der Waals surface area contributed by atoms with Crippen LogP contribution in [0.3, 0.4) is 0 Å². The summed E-state index contributed by atoms with van der Waals surface area (Å²) in [6, 6.07) is 2.00. The Kier molecular flexibility index (Phi) is 9.64. The average Bonchev–Trinajstić information content (AvgIpc) is 3.62. The summed E-state index contributed by atoms with van der Waals surface area (Å²) in [5, 5.41) is 0. The van der Waals surface area contributed by atoms with Gasteiger partial charge < -0.3 is 4.90 Å². The summed E-state index contributed by atoms with van der Waals surface area (Å²) in [7, 11) is 0. The number of hydrogen-bond donors (Lipinski definition) is 0. The van der Waals surface area contributed by atoms with Gasteiger partial charge in [-0.05, 0) is 158 Å². The van der Waals surface area contributed by atoms with Crippen molar-refractivity contribution in [3.63, 3.8) is 0 Å². The standard InChI is InChI=1S/C59H87BN2/c1-34-25-44-36(3)52-35(2)37(27-45(44)52)26-43(34)38-28-50-53-51(29-38)62-54-46(59(58(62,13)14)23-16-15-17-24-59)31-41(57(10,11)12)32-48(54)60(53)47-22-21-40(56(7,8)9)33-49(47)61(50)42-20-18-19-39(30-42)55(4,5)6/h21-22,25,28,31-32,34-37,39,42-43,45,48-49,51-52,54H,15-20,23-24,26-27,29-30,33H2,1-14H3/b44-25-/t34?,35?,36-,37?,39?,42?,43?,45?,48?,49?,51?,52?,54?/m0/s1. The first-order valence-corrected chi connectivity index (χ1v) is 26.7. The highest BCUT2D eigenvalue weighted by Gasteiger charge is 2.69. The Balaban J connectivity index is 1.16. The number of allylic oxidation sites excluding steroid dienone is 7. The fourth-order valence-electron chi connectivity index (χ4n) is 18.1. The second kappa shape index (κ2) is 14.0. The quantitative estimate of drug-likeness (QED) is 0.202. The van der Waals surface area contributed by atoms with Gasteiger partial charge in [0.05, 0.1) is 0 Å². The molecular formula is C59H87BN2. The van der Waals surface area contributed by atoms with E-state index in [-0.39, 0.29) is 21.8 Å². The lowest BCUT2D eigenvalue weighted by atomic mass is 9.25. The second-order valence-corrected chi connectivity index (χ2v) is 27.7. The third-order valence-corrected chi connectivity index (χ3v) is 21.6. The van der Waals surface area contributed by atoms with Crippen LogP contribution >= 0.6 is 0 Å². The molecule has 0 aromatic rings. The highest BCUT2D eigenvalue weighted by Crippen LogP contribution is 2.69. The van der Waals surface area contributed by atoms with Crippen LogP contribution < -0.4 is 0 Å². The Hall–Kier alpha value is -2.00. The van der Waals surface area contributed by atoms with Gasteiger partial charge in [0.1, 0.15) is 0 Å². The van der Waals surface area contributed by atoms with Gasteiger partial charge in [0.2, 0.25) is 6.71 Å². The topological polar surface area (TPSA) is 6.48 Å². The van der Waals surface area contributed by atoms with Crippen LogP contribution in [0.5, 0.6) is 0 Å². The predicted molar refractivity (Wildman–Crippen MR) is 264 cm³/mol. The van der Waals surface area contributed by atoms with Gasteiger partial charge in [-0.15, -0.1) is 0 Å². The maximum atomic E-state index is 3.29. The summed E-state index contributed by atoms with van der Waals surface area (Å²) >= 11 is 0. The highest BCUT2D eigenvalue weighted by atomic mass is 15.3. The molecule has 3 aliphatic heterocycles. The molecule has 62 heavy (non-hydrogen) atoms. The molecule has 336 valence electrons. The Morgan fingerprint density at radius 2 is 1.47 bits per heavy atom. The van der Waals surface area contributed by atoms with Crippen molar-refractivity contribution in [3.05, 3.63) is 81.0 Å². The van der Waals surface area contributed by atoms with Crippen molar-refractivity contribution in [2.75, 3.05) is 0 Å². The van der Waals surface area contributed by atoms with Gasteiger partial charge >= 0.3 is 0 Å². The second-order valence-electron chi connectivity index (χ2n) is 27.7. The molecule has 2 bridgehead atoms. The van der Waals surface area contributed by atoms with Crippen LogP contribution in [-0.2, 0) is 0 Å². The molecule has 2 nitrogen and oxygen atoms in total. The van der Waals surface area contributed by atoms with Crippen LogP contribution in [0.25, 0.3) is 0 Å². The van der Waals surface area contributed by atoms with Crippen molar-refractivity contribution in [3.8, 4) is 0 Å². The fraction of sp³-hybridized carbons (Fsp3) is 0.763. The molecule has 0 aromatic heterocycles. The minimum Gasteiger partial charge on any atom is -0.363 e.